The number of ketones is 4. The van der Waals surface area contributed by atoms with Crippen molar-refractivity contribution in [2.45, 2.75) is 72.7 Å². The van der Waals surface area contributed by atoms with Crippen LogP contribution in [-0.4, -0.2) is 67.8 Å². The number of aryl methyl sites for hydroxylation is 1. The second-order valence-electron chi connectivity index (χ2n) is 12.8. The average Bonchev–Trinajstić information content (AvgIpc) is 3.07. The van der Waals surface area contributed by atoms with Gasteiger partial charge in [-0.2, -0.15) is 0 Å². The molecule has 2 aliphatic heterocycles. The predicted molar refractivity (Wildman–Crippen MR) is 191 cm³/mol. The van der Waals surface area contributed by atoms with Gasteiger partial charge in [0.2, 0.25) is 17.5 Å². The van der Waals surface area contributed by atoms with E-state index in [1.807, 2.05) is 0 Å². The van der Waals surface area contributed by atoms with Crippen LogP contribution < -0.4 is 5.32 Å². The van der Waals surface area contributed by atoms with Gasteiger partial charge in [0.25, 0.3) is 0 Å². The number of nitrogens with one attached hydrogen (secondary N) is 1. The summed E-state index contributed by atoms with van der Waals surface area (Å²) in [5.41, 5.74) is -0.886. The Morgan fingerprint density at radius 1 is 0.760 bits per heavy atom. The Morgan fingerprint density at radius 3 is 2.10 bits per heavy atom. The van der Waals surface area contributed by atoms with Crippen LogP contribution in [0.2, 0.25) is 0 Å². The summed E-state index contributed by atoms with van der Waals surface area (Å²) in [6.07, 6.45) is 12.2. The maximum absolute atomic E-state index is 13.8. The number of aliphatic hydroxyl groups excluding tert-OH is 3. The molecule has 6 atom stereocenters. The fraction of sp³-hybridized carbons (Fsp3) is 0.359. The van der Waals surface area contributed by atoms with E-state index in [4.69, 9.17) is 11.6 Å². The minimum atomic E-state index is -1.01. The third kappa shape index (κ3) is 9.60. The van der Waals surface area contributed by atoms with Crippen LogP contribution in [0.25, 0.3) is 0 Å². The number of benzene rings is 1. The molecule has 4 bridgehead atoms. The van der Waals surface area contributed by atoms with E-state index in [0.29, 0.717) is 5.57 Å². The summed E-state index contributed by atoms with van der Waals surface area (Å²) in [6, 6.07) is 1.25. The van der Waals surface area contributed by atoms with Gasteiger partial charge < -0.3 is 25.7 Å². The zero-order valence-electron chi connectivity index (χ0n) is 28.9. The summed E-state index contributed by atoms with van der Waals surface area (Å²) in [5, 5.41) is 44.7. The van der Waals surface area contributed by atoms with Crippen LogP contribution in [0.3, 0.4) is 0 Å². The number of halogens is 1. The number of hydrogen-bond donors (Lipinski definition) is 5. The first-order valence-electron chi connectivity index (χ1n) is 16.3. The van der Waals surface area contributed by atoms with Gasteiger partial charge in [-0.15, -0.1) is 0 Å². The number of allylic oxidation sites excluding steroid dienone is 8. The lowest BCUT2D eigenvalue weighted by Crippen LogP contribution is -2.33. The SMILES string of the molecule is CC1=CCC(O)C=CC(C)C(O)C(C)C=C(C)C(=O)c2c(O)c(C)cc3c2C(=O)C(Cl)=C(NC(=O)C=CC=CC=CC(C)C(O)CC1=O)C3=O. The molecule has 1 aromatic carbocycles. The van der Waals surface area contributed by atoms with Crippen LogP contribution in [0.5, 0.6) is 5.75 Å². The lowest BCUT2D eigenvalue weighted by atomic mass is 9.83. The predicted octanol–water partition coefficient (Wildman–Crippen LogP) is 5.30. The average molecular weight is 706 g/mol. The fourth-order valence-corrected chi connectivity index (χ4v) is 5.73. The number of phenols is 1. The molecule has 0 radical (unpaired) electrons. The number of hydrogen-bond acceptors (Lipinski definition) is 9. The molecule has 0 fully saturated rings. The third-order valence-corrected chi connectivity index (χ3v) is 9.13. The molecule has 1 aliphatic carbocycles. The highest BCUT2D eigenvalue weighted by molar-refractivity contribution is 6.51. The van der Waals surface area contributed by atoms with Crippen LogP contribution in [0.1, 0.15) is 84.1 Å². The molecule has 3 aliphatic rings. The summed E-state index contributed by atoms with van der Waals surface area (Å²) in [4.78, 5) is 66.2. The highest BCUT2D eigenvalue weighted by atomic mass is 35.5. The summed E-state index contributed by atoms with van der Waals surface area (Å²) in [5.74, 6) is -5.52. The highest BCUT2D eigenvalue weighted by Gasteiger charge is 2.38. The first kappa shape index (κ1) is 40.0. The molecule has 0 saturated carbocycles. The molecule has 0 spiro atoms. The summed E-state index contributed by atoms with van der Waals surface area (Å²) < 4.78 is 0. The first-order chi connectivity index (χ1) is 23.5. The molecule has 10 nitrogen and oxygen atoms in total. The topological polar surface area (TPSA) is 178 Å². The van der Waals surface area contributed by atoms with Crippen molar-refractivity contribution in [3.05, 3.63) is 111 Å². The quantitative estimate of drug-likeness (QED) is 0.224. The van der Waals surface area contributed by atoms with Gasteiger partial charge in [0.1, 0.15) is 16.5 Å². The van der Waals surface area contributed by atoms with E-state index >= 15 is 0 Å². The Morgan fingerprint density at radius 2 is 1.42 bits per heavy atom. The van der Waals surface area contributed by atoms with Crippen molar-refractivity contribution in [2.75, 3.05) is 0 Å². The number of carbonyl (C=O) groups is 5. The maximum Gasteiger partial charge on any atom is 0.248 e. The fourth-order valence-electron chi connectivity index (χ4n) is 5.51. The molecule has 2 heterocycles. The van der Waals surface area contributed by atoms with Crippen LogP contribution in [0.4, 0.5) is 0 Å². The van der Waals surface area contributed by atoms with Gasteiger partial charge in [-0.1, -0.05) is 87.1 Å². The Balaban J connectivity index is 2.05. The van der Waals surface area contributed by atoms with E-state index in [-0.39, 0.29) is 41.2 Å². The third-order valence-electron chi connectivity index (χ3n) is 8.77. The van der Waals surface area contributed by atoms with Crippen LogP contribution >= 0.6 is 11.6 Å². The molecule has 4 rings (SSSR count). The molecule has 11 heteroatoms. The van der Waals surface area contributed by atoms with Gasteiger partial charge in [-0.3, -0.25) is 24.0 Å². The maximum atomic E-state index is 13.8. The molecule has 1 aromatic rings. The number of amides is 1. The van der Waals surface area contributed by atoms with Crippen molar-refractivity contribution in [1.29, 1.82) is 0 Å². The molecule has 6 unspecified atom stereocenters. The summed E-state index contributed by atoms with van der Waals surface area (Å²) in [7, 11) is 0. The zero-order valence-corrected chi connectivity index (χ0v) is 29.7. The second kappa shape index (κ2) is 17.4. The molecule has 1 amide bonds. The summed E-state index contributed by atoms with van der Waals surface area (Å²) >= 11 is 6.31. The molecule has 0 saturated heterocycles. The number of aliphatic hydroxyl groups is 3. The minimum Gasteiger partial charge on any atom is -0.507 e. The van der Waals surface area contributed by atoms with Crippen LogP contribution in [0.15, 0.2) is 88.7 Å². The van der Waals surface area contributed by atoms with Crippen molar-refractivity contribution in [1.82, 2.24) is 5.32 Å². The second-order valence-corrected chi connectivity index (χ2v) is 13.2. The van der Waals surface area contributed by atoms with E-state index in [1.165, 1.54) is 44.2 Å². The van der Waals surface area contributed by atoms with Crippen LogP contribution in [-0.2, 0) is 9.59 Å². The lowest BCUT2D eigenvalue weighted by Gasteiger charge is -2.23. The number of carbonyl (C=O) groups excluding carboxylic acids is 5. The van der Waals surface area contributed by atoms with Gasteiger partial charge in [-0.05, 0) is 50.0 Å². The molecular formula is C39H44ClNO9. The number of Topliss-reactive ketones (excluding diaryl/α,β-unsaturated/α-hetero) is 4. The van der Waals surface area contributed by atoms with E-state index < -0.39 is 81.0 Å². The monoisotopic (exact) mass is 705 g/mol. The van der Waals surface area contributed by atoms with Gasteiger partial charge in [-0.25, -0.2) is 0 Å². The molecule has 5 N–H and O–H groups in total. The first-order valence-corrected chi connectivity index (χ1v) is 16.7. The smallest absolute Gasteiger partial charge is 0.248 e. The van der Waals surface area contributed by atoms with E-state index in [1.54, 1.807) is 58.1 Å². The highest BCUT2D eigenvalue weighted by Crippen LogP contribution is 2.37. The summed E-state index contributed by atoms with van der Waals surface area (Å²) in [6.45, 7) is 9.66. The van der Waals surface area contributed by atoms with Gasteiger partial charge >= 0.3 is 0 Å². The van der Waals surface area contributed by atoms with Crippen molar-refractivity contribution < 1.29 is 44.4 Å². The van der Waals surface area contributed by atoms with E-state index in [9.17, 15) is 44.4 Å². The Bertz CT molecular complexity index is 1770. The number of rotatable bonds is 0. The Hall–Kier alpha value is -4.48. The Kier molecular flexibility index (Phi) is 13.9. The van der Waals surface area contributed by atoms with Crippen molar-refractivity contribution >= 4 is 40.6 Å². The van der Waals surface area contributed by atoms with Gasteiger partial charge in [0.15, 0.2) is 11.6 Å². The number of fused-ring (bicyclic) bond motifs is 18. The van der Waals surface area contributed by atoms with Gasteiger partial charge in [0, 0.05) is 41.4 Å². The molecular weight excluding hydrogens is 662 g/mol. The van der Waals surface area contributed by atoms with Crippen LogP contribution in [0, 0.1) is 24.7 Å². The number of aromatic hydroxyl groups is 1. The normalized spacial score (nSPS) is 26.7. The largest absolute Gasteiger partial charge is 0.507 e. The van der Waals surface area contributed by atoms with E-state index in [0.717, 1.165) is 6.08 Å². The molecule has 50 heavy (non-hydrogen) atoms. The minimum absolute atomic E-state index is 0.0807. The molecule has 266 valence electrons. The van der Waals surface area contributed by atoms with Crippen molar-refractivity contribution in [2.24, 2.45) is 17.8 Å². The van der Waals surface area contributed by atoms with Crippen molar-refractivity contribution in [3.8, 4) is 5.75 Å². The lowest BCUT2D eigenvalue weighted by molar-refractivity contribution is -0.118. The van der Waals surface area contributed by atoms with Gasteiger partial charge in [0.05, 0.1) is 23.9 Å². The van der Waals surface area contributed by atoms with Crippen molar-refractivity contribution in [3.63, 3.8) is 0 Å². The molecule has 0 aromatic heterocycles. The number of phenolic OH excluding ortho intramolecular Hbond substituents is 1. The Labute approximate surface area is 296 Å². The van der Waals surface area contributed by atoms with E-state index in [2.05, 4.69) is 5.32 Å². The zero-order chi connectivity index (χ0) is 37.4. The standard InChI is InChI=1S/C39H44ClNO9/c1-20-11-9-7-8-10-12-30(45)41-34-33(40)39(50)31-27(38(34)49)18-25(6)37(48)32(31)36(47)24(5)17-23(4)35(46)22(3)14-16-26(42)15-13-21(2)29(44)19-28(20)43/h7-14,16-18,20,22-23,26,28,35,42-43,46,48H,15,19H2,1-6H3,(H,41,45).